The van der Waals surface area contributed by atoms with Crippen LogP contribution in [0.3, 0.4) is 0 Å². The fourth-order valence-corrected chi connectivity index (χ4v) is 3.31. The molecule has 0 spiro atoms. The smallest absolute Gasteiger partial charge is 0.210 e. The van der Waals surface area contributed by atoms with Crippen molar-refractivity contribution in [2.45, 2.75) is 5.79 Å². The van der Waals surface area contributed by atoms with Crippen LogP contribution in [0.25, 0.3) is 22.2 Å². The number of hydrogen-bond donors (Lipinski definition) is 3. The monoisotopic (exact) mass is 382 g/mol. The highest BCUT2D eigenvalue weighted by molar-refractivity contribution is 5.83. The largest absolute Gasteiger partial charge is 0.444 e. The molecule has 7 nitrogen and oxygen atoms in total. The van der Waals surface area contributed by atoms with Gasteiger partial charge in [0.05, 0.1) is 11.7 Å². The Morgan fingerprint density at radius 2 is 2.03 bits per heavy atom. The molecule has 1 aliphatic heterocycles. The maximum atomic E-state index is 6.59. The zero-order valence-corrected chi connectivity index (χ0v) is 15.4. The molecule has 1 aliphatic rings. The van der Waals surface area contributed by atoms with E-state index < -0.39 is 5.79 Å². The van der Waals surface area contributed by atoms with Gasteiger partial charge in [0.1, 0.15) is 5.82 Å². The zero-order valence-electron chi connectivity index (χ0n) is 15.4. The Balaban J connectivity index is 1.40. The van der Waals surface area contributed by atoms with E-state index in [0.29, 0.717) is 5.76 Å². The van der Waals surface area contributed by atoms with Crippen LogP contribution in [-0.4, -0.2) is 16.2 Å². The van der Waals surface area contributed by atoms with Crippen molar-refractivity contribution in [1.29, 1.82) is 0 Å². The van der Waals surface area contributed by atoms with Crippen molar-refractivity contribution in [2.24, 2.45) is 10.7 Å². The molecule has 4 aromatic rings. The second-order valence-electron chi connectivity index (χ2n) is 6.73. The van der Waals surface area contributed by atoms with Gasteiger partial charge < -0.3 is 15.1 Å². The Hall–Kier alpha value is -3.97. The lowest BCUT2D eigenvalue weighted by Crippen LogP contribution is -2.51. The second-order valence-corrected chi connectivity index (χ2v) is 6.73. The summed E-state index contributed by atoms with van der Waals surface area (Å²) in [7, 11) is 0. The lowest BCUT2D eigenvalue weighted by atomic mass is 10.0. The molecule has 5 rings (SSSR count). The fraction of sp³-hybridized carbons (Fsp3) is 0.0455. The number of benzene rings is 2. The van der Waals surface area contributed by atoms with Gasteiger partial charge >= 0.3 is 0 Å². The normalized spacial score (nSPS) is 18.3. The van der Waals surface area contributed by atoms with E-state index in [4.69, 9.17) is 10.2 Å². The summed E-state index contributed by atoms with van der Waals surface area (Å²) in [6, 6.07) is 17.7. The van der Waals surface area contributed by atoms with Gasteiger partial charge in [-0.15, -0.1) is 0 Å². The van der Waals surface area contributed by atoms with E-state index in [0.717, 1.165) is 33.5 Å². The summed E-state index contributed by atoms with van der Waals surface area (Å²) in [6.45, 7) is 0. The summed E-state index contributed by atoms with van der Waals surface area (Å²) >= 11 is 0. The van der Waals surface area contributed by atoms with Crippen LogP contribution in [0.1, 0.15) is 5.56 Å². The molecule has 0 saturated heterocycles. The van der Waals surface area contributed by atoms with Crippen molar-refractivity contribution in [3.05, 3.63) is 90.8 Å². The van der Waals surface area contributed by atoms with Crippen LogP contribution in [0.2, 0.25) is 0 Å². The van der Waals surface area contributed by atoms with Crippen molar-refractivity contribution in [3.8, 4) is 11.3 Å². The number of hydrogen-bond acceptors (Lipinski definition) is 7. The van der Waals surface area contributed by atoms with Gasteiger partial charge in [-0.2, -0.15) is 0 Å². The standard InChI is InChI=1S/C22H18N6O/c23-22(17-5-1-3-16(11-17)20-13-24-14-29-20)26-10-8-21(28-22)27-18-6-7-19-15(12-18)4-2-9-25-19/h1-14,27-28H,23H2. The Morgan fingerprint density at radius 1 is 1.07 bits per heavy atom. The van der Waals surface area contributed by atoms with Gasteiger partial charge in [0.25, 0.3) is 0 Å². The zero-order chi connectivity index (χ0) is 19.7. The van der Waals surface area contributed by atoms with Gasteiger partial charge in [-0.3, -0.25) is 10.7 Å². The Bertz CT molecular complexity index is 1230. The molecule has 3 heterocycles. The first-order valence-corrected chi connectivity index (χ1v) is 9.13. The highest BCUT2D eigenvalue weighted by Crippen LogP contribution is 2.27. The van der Waals surface area contributed by atoms with Crippen LogP contribution in [0.4, 0.5) is 5.69 Å². The van der Waals surface area contributed by atoms with Gasteiger partial charge in [-0.05, 0) is 36.4 Å². The molecule has 0 bridgehead atoms. The lowest BCUT2D eigenvalue weighted by molar-refractivity contribution is 0.399. The average Bonchev–Trinajstić information content (AvgIpc) is 3.29. The van der Waals surface area contributed by atoms with Crippen LogP contribution in [0.15, 0.2) is 94.7 Å². The van der Waals surface area contributed by atoms with E-state index in [2.05, 4.69) is 25.6 Å². The van der Waals surface area contributed by atoms with Crippen LogP contribution in [0, 0.1) is 0 Å². The highest BCUT2D eigenvalue weighted by Gasteiger charge is 2.29. The Labute approximate surface area is 167 Å². The van der Waals surface area contributed by atoms with Crippen LogP contribution in [0.5, 0.6) is 0 Å². The number of allylic oxidation sites excluding steroid dienone is 1. The molecular weight excluding hydrogens is 364 g/mol. The number of rotatable bonds is 4. The van der Waals surface area contributed by atoms with Crippen molar-refractivity contribution in [1.82, 2.24) is 15.3 Å². The molecule has 29 heavy (non-hydrogen) atoms. The quantitative estimate of drug-likeness (QED) is 0.499. The minimum absolute atomic E-state index is 0.675. The number of nitrogens with one attached hydrogen (secondary N) is 2. The van der Waals surface area contributed by atoms with E-state index >= 15 is 0 Å². The fourth-order valence-electron chi connectivity index (χ4n) is 3.31. The molecule has 7 heteroatoms. The summed E-state index contributed by atoms with van der Waals surface area (Å²) in [5.74, 6) is 0.315. The molecule has 0 amide bonds. The summed E-state index contributed by atoms with van der Waals surface area (Å²) in [4.78, 5) is 12.8. The van der Waals surface area contributed by atoms with Gasteiger partial charge in [0.2, 0.25) is 5.79 Å². The third kappa shape index (κ3) is 3.35. The van der Waals surface area contributed by atoms with E-state index in [9.17, 15) is 0 Å². The van der Waals surface area contributed by atoms with E-state index in [1.807, 2.05) is 60.7 Å². The topological polar surface area (TPSA) is 101 Å². The minimum Gasteiger partial charge on any atom is -0.444 e. The van der Waals surface area contributed by atoms with Crippen molar-refractivity contribution >= 4 is 22.8 Å². The maximum Gasteiger partial charge on any atom is 0.210 e. The predicted octanol–water partition coefficient (Wildman–Crippen LogP) is 3.59. The predicted molar refractivity (Wildman–Crippen MR) is 113 cm³/mol. The second kappa shape index (κ2) is 6.88. The summed E-state index contributed by atoms with van der Waals surface area (Å²) in [5.41, 5.74) is 10.2. The Morgan fingerprint density at radius 3 is 2.93 bits per heavy atom. The minimum atomic E-state index is -1.11. The van der Waals surface area contributed by atoms with E-state index in [1.54, 1.807) is 18.6 Å². The third-order valence-corrected chi connectivity index (χ3v) is 4.75. The van der Waals surface area contributed by atoms with Gasteiger partial charge in [-0.1, -0.05) is 24.3 Å². The molecule has 0 radical (unpaired) electrons. The molecule has 0 aliphatic carbocycles. The molecule has 2 aromatic carbocycles. The number of nitrogens with zero attached hydrogens (tertiary/aromatic N) is 3. The van der Waals surface area contributed by atoms with Crippen molar-refractivity contribution in [3.63, 3.8) is 0 Å². The highest BCUT2D eigenvalue weighted by atomic mass is 16.3. The molecule has 2 aromatic heterocycles. The van der Waals surface area contributed by atoms with Gasteiger partial charge in [0, 0.05) is 34.6 Å². The number of nitrogens with two attached hydrogens (primary N) is 1. The number of anilines is 1. The number of aliphatic imine (C=N–C) groups is 1. The molecule has 4 N–H and O–H groups in total. The van der Waals surface area contributed by atoms with Crippen molar-refractivity contribution in [2.75, 3.05) is 5.32 Å². The number of fused-ring (bicyclic) bond motifs is 1. The molecule has 1 unspecified atom stereocenters. The average molecular weight is 382 g/mol. The first-order chi connectivity index (χ1) is 14.2. The summed E-state index contributed by atoms with van der Waals surface area (Å²) in [5, 5.41) is 7.70. The number of aromatic nitrogens is 2. The van der Waals surface area contributed by atoms with E-state index in [1.165, 1.54) is 6.39 Å². The van der Waals surface area contributed by atoms with Gasteiger partial charge in [-0.25, -0.2) is 9.98 Å². The molecule has 142 valence electrons. The molecular formula is C22H18N6O. The van der Waals surface area contributed by atoms with E-state index in [-0.39, 0.29) is 0 Å². The third-order valence-electron chi connectivity index (χ3n) is 4.75. The summed E-state index contributed by atoms with van der Waals surface area (Å²) in [6.07, 6.45) is 8.40. The molecule has 0 fully saturated rings. The van der Waals surface area contributed by atoms with Gasteiger partial charge in [0.15, 0.2) is 12.2 Å². The molecule has 0 saturated carbocycles. The lowest BCUT2D eigenvalue weighted by Gasteiger charge is -2.32. The summed E-state index contributed by atoms with van der Waals surface area (Å²) < 4.78 is 5.39. The SMILES string of the molecule is NC1(c2cccc(-c3cnco3)c2)N=CC=C(Nc2ccc3ncccc3c2)N1. The van der Waals surface area contributed by atoms with Crippen LogP contribution >= 0.6 is 0 Å². The number of pyridine rings is 1. The maximum absolute atomic E-state index is 6.59. The number of oxazole rings is 1. The van der Waals surface area contributed by atoms with Crippen LogP contribution < -0.4 is 16.4 Å². The Kier molecular flexibility index (Phi) is 4.07. The van der Waals surface area contributed by atoms with Crippen molar-refractivity contribution < 1.29 is 4.42 Å². The first kappa shape index (κ1) is 17.2. The van der Waals surface area contributed by atoms with Crippen LogP contribution in [-0.2, 0) is 5.79 Å². The molecule has 1 atom stereocenters. The first-order valence-electron chi connectivity index (χ1n) is 9.13.